The monoisotopic (exact) mass is 271 g/mol. The zero-order chi connectivity index (χ0) is 14.3. The van der Waals surface area contributed by atoms with Gasteiger partial charge in [0, 0.05) is 33.2 Å². The van der Waals surface area contributed by atoms with Crippen LogP contribution in [0, 0.1) is 5.41 Å². The molecule has 110 valence electrons. The number of methoxy groups -OCH3 is 1. The van der Waals surface area contributed by atoms with E-state index in [9.17, 15) is 14.7 Å². The summed E-state index contributed by atoms with van der Waals surface area (Å²) in [6, 6.07) is 0. The number of carboxylic acid groups (broad SMARTS) is 1. The Morgan fingerprint density at radius 1 is 1.42 bits per heavy atom. The third-order valence-electron chi connectivity index (χ3n) is 3.85. The SMILES string of the molecule is CCCC1(C(=O)O)CCCN(C(=O)CCCOC)C1. The summed E-state index contributed by atoms with van der Waals surface area (Å²) < 4.78 is 4.93. The first-order valence-electron chi connectivity index (χ1n) is 7.06. The average Bonchev–Trinajstić information content (AvgIpc) is 2.39. The van der Waals surface area contributed by atoms with Crippen LogP contribution in [-0.2, 0) is 14.3 Å². The van der Waals surface area contributed by atoms with Crippen LogP contribution in [0.3, 0.4) is 0 Å². The van der Waals surface area contributed by atoms with Gasteiger partial charge in [0.25, 0.3) is 0 Å². The minimum absolute atomic E-state index is 0.0541. The second-order valence-electron chi connectivity index (χ2n) is 5.35. The molecule has 1 amide bonds. The van der Waals surface area contributed by atoms with Crippen molar-refractivity contribution in [2.75, 3.05) is 26.8 Å². The standard InChI is InChI=1S/C14H25NO4/c1-3-7-14(13(17)18)8-5-9-15(11-14)12(16)6-4-10-19-2/h3-11H2,1-2H3,(H,17,18). The van der Waals surface area contributed by atoms with E-state index in [0.717, 1.165) is 12.8 Å². The fourth-order valence-electron chi connectivity index (χ4n) is 2.83. The predicted octanol–water partition coefficient (Wildman–Crippen LogP) is 1.91. The van der Waals surface area contributed by atoms with E-state index in [1.54, 1.807) is 12.0 Å². The fourth-order valence-corrected chi connectivity index (χ4v) is 2.83. The number of carbonyl (C=O) groups excluding carboxylic acids is 1. The van der Waals surface area contributed by atoms with Gasteiger partial charge < -0.3 is 14.7 Å². The number of rotatable bonds is 7. The molecule has 0 aromatic heterocycles. The Morgan fingerprint density at radius 2 is 2.16 bits per heavy atom. The number of hydrogen-bond donors (Lipinski definition) is 1. The lowest BCUT2D eigenvalue weighted by molar-refractivity contribution is -0.155. The Hall–Kier alpha value is -1.10. The number of carbonyl (C=O) groups is 2. The molecule has 0 aromatic rings. The van der Waals surface area contributed by atoms with Crippen LogP contribution >= 0.6 is 0 Å². The molecular weight excluding hydrogens is 246 g/mol. The molecule has 1 atom stereocenters. The molecule has 0 bridgehead atoms. The topological polar surface area (TPSA) is 66.8 Å². The molecular formula is C14H25NO4. The van der Waals surface area contributed by atoms with E-state index in [4.69, 9.17) is 4.74 Å². The molecule has 1 saturated heterocycles. The number of amides is 1. The molecule has 1 fully saturated rings. The van der Waals surface area contributed by atoms with Gasteiger partial charge in [-0.2, -0.15) is 0 Å². The third-order valence-corrected chi connectivity index (χ3v) is 3.85. The minimum atomic E-state index is -0.760. The molecule has 1 heterocycles. The number of ether oxygens (including phenoxy) is 1. The maximum atomic E-state index is 12.1. The van der Waals surface area contributed by atoms with Crippen LogP contribution in [-0.4, -0.2) is 48.7 Å². The Labute approximate surface area is 114 Å². The van der Waals surface area contributed by atoms with Crippen molar-refractivity contribution in [2.45, 2.75) is 45.4 Å². The summed E-state index contributed by atoms with van der Waals surface area (Å²) in [4.78, 5) is 25.3. The molecule has 1 N–H and O–H groups in total. The lowest BCUT2D eigenvalue weighted by atomic mass is 9.76. The van der Waals surface area contributed by atoms with Crippen molar-refractivity contribution >= 4 is 11.9 Å². The molecule has 0 radical (unpaired) electrons. The van der Waals surface area contributed by atoms with Crippen molar-refractivity contribution < 1.29 is 19.4 Å². The number of carboxylic acids is 1. The van der Waals surface area contributed by atoms with E-state index >= 15 is 0 Å². The van der Waals surface area contributed by atoms with Gasteiger partial charge in [-0.25, -0.2) is 0 Å². The highest BCUT2D eigenvalue weighted by atomic mass is 16.5. The molecule has 0 aliphatic carbocycles. The highest BCUT2D eigenvalue weighted by Gasteiger charge is 2.42. The molecule has 0 aromatic carbocycles. The molecule has 1 rings (SSSR count). The number of likely N-dealkylation sites (tertiary alicyclic amines) is 1. The highest BCUT2D eigenvalue weighted by Crippen LogP contribution is 2.35. The number of aliphatic carboxylic acids is 1. The molecule has 5 heteroatoms. The van der Waals surface area contributed by atoms with Gasteiger partial charge in [0.1, 0.15) is 0 Å². The maximum Gasteiger partial charge on any atom is 0.311 e. The van der Waals surface area contributed by atoms with Crippen molar-refractivity contribution in [1.29, 1.82) is 0 Å². The smallest absolute Gasteiger partial charge is 0.311 e. The second-order valence-corrected chi connectivity index (χ2v) is 5.35. The third kappa shape index (κ3) is 4.20. The van der Waals surface area contributed by atoms with Gasteiger partial charge in [0.05, 0.1) is 5.41 Å². The van der Waals surface area contributed by atoms with Crippen LogP contribution in [0.5, 0.6) is 0 Å². The lowest BCUT2D eigenvalue weighted by Gasteiger charge is -2.40. The van der Waals surface area contributed by atoms with Gasteiger partial charge in [-0.1, -0.05) is 13.3 Å². The number of nitrogens with zero attached hydrogens (tertiary/aromatic N) is 1. The van der Waals surface area contributed by atoms with Crippen molar-refractivity contribution in [3.05, 3.63) is 0 Å². The van der Waals surface area contributed by atoms with Gasteiger partial charge in [-0.05, 0) is 25.7 Å². The zero-order valence-electron chi connectivity index (χ0n) is 12.0. The fraction of sp³-hybridized carbons (Fsp3) is 0.857. The van der Waals surface area contributed by atoms with Crippen LogP contribution in [0.15, 0.2) is 0 Å². The van der Waals surface area contributed by atoms with Crippen molar-refractivity contribution in [2.24, 2.45) is 5.41 Å². The molecule has 0 saturated carbocycles. The van der Waals surface area contributed by atoms with Crippen molar-refractivity contribution in [3.8, 4) is 0 Å². The number of hydrogen-bond acceptors (Lipinski definition) is 3. The van der Waals surface area contributed by atoms with Crippen LogP contribution in [0.4, 0.5) is 0 Å². The van der Waals surface area contributed by atoms with E-state index in [0.29, 0.717) is 45.4 Å². The summed E-state index contributed by atoms with van der Waals surface area (Å²) in [6.07, 6.45) is 4.07. The molecule has 1 aliphatic rings. The largest absolute Gasteiger partial charge is 0.481 e. The first kappa shape index (κ1) is 16.0. The second kappa shape index (κ2) is 7.48. The summed E-state index contributed by atoms with van der Waals surface area (Å²) in [7, 11) is 1.61. The van der Waals surface area contributed by atoms with E-state index in [2.05, 4.69) is 0 Å². The zero-order valence-corrected chi connectivity index (χ0v) is 12.0. The molecule has 1 aliphatic heterocycles. The van der Waals surface area contributed by atoms with E-state index in [-0.39, 0.29) is 5.91 Å². The quantitative estimate of drug-likeness (QED) is 0.718. The van der Waals surface area contributed by atoms with Crippen LogP contribution < -0.4 is 0 Å². The molecule has 5 nitrogen and oxygen atoms in total. The normalized spacial score (nSPS) is 23.4. The van der Waals surface area contributed by atoms with Gasteiger partial charge in [-0.3, -0.25) is 9.59 Å². The van der Waals surface area contributed by atoms with Crippen LogP contribution in [0.2, 0.25) is 0 Å². The van der Waals surface area contributed by atoms with E-state index < -0.39 is 11.4 Å². The van der Waals surface area contributed by atoms with E-state index in [1.165, 1.54) is 0 Å². The first-order valence-corrected chi connectivity index (χ1v) is 7.06. The molecule has 0 spiro atoms. The van der Waals surface area contributed by atoms with Gasteiger partial charge >= 0.3 is 5.97 Å². The predicted molar refractivity (Wildman–Crippen MR) is 71.9 cm³/mol. The molecule has 19 heavy (non-hydrogen) atoms. The van der Waals surface area contributed by atoms with E-state index in [1.807, 2.05) is 6.92 Å². The summed E-state index contributed by atoms with van der Waals surface area (Å²) in [5.74, 6) is -0.706. The van der Waals surface area contributed by atoms with Gasteiger partial charge in [0.15, 0.2) is 0 Å². The van der Waals surface area contributed by atoms with Crippen molar-refractivity contribution in [1.82, 2.24) is 4.90 Å². The Morgan fingerprint density at radius 3 is 2.74 bits per heavy atom. The summed E-state index contributed by atoms with van der Waals surface area (Å²) >= 11 is 0. The average molecular weight is 271 g/mol. The summed E-state index contributed by atoms with van der Waals surface area (Å²) in [6.45, 7) is 3.61. The number of piperidine rings is 1. The Kier molecular flexibility index (Phi) is 6.28. The van der Waals surface area contributed by atoms with Crippen LogP contribution in [0.1, 0.15) is 45.4 Å². The molecule has 1 unspecified atom stereocenters. The Bertz CT molecular complexity index is 315. The Balaban J connectivity index is 2.61. The van der Waals surface area contributed by atoms with Gasteiger partial charge in [-0.15, -0.1) is 0 Å². The lowest BCUT2D eigenvalue weighted by Crippen LogP contribution is -2.49. The van der Waals surface area contributed by atoms with Gasteiger partial charge in [0.2, 0.25) is 5.91 Å². The van der Waals surface area contributed by atoms with Crippen LogP contribution in [0.25, 0.3) is 0 Å². The van der Waals surface area contributed by atoms with Crippen molar-refractivity contribution in [3.63, 3.8) is 0 Å². The minimum Gasteiger partial charge on any atom is -0.481 e. The first-order chi connectivity index (χ1) is 9.05. The summed E-state index contributed by atoms with van der Waals surface area (Å²) in [5, 5.41) is 9.48. The highest BCUT2D eigenvalue weighted by molar-refractivity contribution is 5.79. The summed E-state index contributed by atoms with van der Waals surface area (Å²) in [5.41, 5.74) is -0.732. The maximum absolute atomic E-state index is 12.1.